The predicted octanol–water partition coefficient (Wildman–Crippen LogP) is 2.18. The first-order valence-corrected chi connectivity index (χ1v) is 8.22. The van der Waals surface area contributed by atoms with E-state index in [9.17, 15) is 9.18 Å². The van der Waals surface area contributed by atoms with E-state index in [2.05, 4.69) is 15.3 Å². The largest absolute Gasteiger partial charge is 0.395 e. The van der Waals surface area contributed by atoms with Crippen molar-refractivity contribution in [2.45, 2.75) is 13.0 Å². The number of rotatable bonds is 5. The molecule has 1 amide bonds. The van der Waals surface area contributed by atoms with Crippen molar-refractivity contribution in [2.75, 3.05) is 13.2 Å². The average molecular weight is 354 g/mol. The molecule has 1 unspecified atom stereocenters. The second kappa shape index (κ2) is 7.55. The van der Waals surface area contributed by atoms with Crippen LogP contribution in [0.5, 0.6) is 0 Å². The smallest absolute Gasteiger partial charge is 0.252 e. The SMILES string of the molecule is CC(N)c1nc2ccc(F)cc2c(C(=O)NCCO)c1-c1ccccn1. The molecule has 134 valence electrons. The fourth-order valence-corrected chi connectivity index (χ4v) is 2.85. The Balaban J connectivity index is 2.39. The number of amides is 1. The summed E-state index contributed by atoms with van der Waals surface area (Å²) in [5.74, 6) is -0.921. The lowest BCUT2D eigenvalue weighted by molar-refractivity contribution is 0.0947. The van der Waals surface area contributed by atoms with E-state index >= 15 is 0 Å². The molecule has 4 N–H and O–H groups in total. The maximum Gasteiger partial charge on any atom is 0.252 e. The molecule has 1 atom stereocenters. The number of pyridine rings is 2. The summed E-state index contributed by atoms with van der Waals surface area (Å²) >= 11 is 0. The van der Waals surface area contributed by atoms with Gasteiger partial charge in [0, 0.05) is 29.7 Å². The lowest BCUT2D eigenvalue weighted by Gasteiger charge is -2.18. The first-order valence-electron chi connectivity index (χ1n) is 8.22. The highest BCUT2D eigenvalue weighted by atomic mass is 19.1. The number of nitrogens with one attached hydrogen (secondary N) is 1. The fourth-order valence-electron chi connectivity index (χ4n) is 2.85. The summed E-state index contributed by atoms with van der Waals surface area (Å²) in [5, 5.41) is 12.0. The molecule has 26 heavy (non-hydrogen) atoms. The Morgan fingerprint density at radius 1 is 1.35 bits per heavy atom. The monoisotopic (exact) mass is 354 g/mol. The van der Waals surface area contributed by atoms with Crippen molar-refractivity contribution in [3.8, 4) is 11.3 Å². The minimum absolute atomic E-state index is 0.0765. The summed E-state index contributed by atoms with van der Waals surface area (Å²) in [6.45, 7) is 1.63. The molecule has 0 saturated heterocycles. The molecule has 0 bridgehead atoms. The van der Waals surface area contributed by atoms with E-state index < -0.39 is 17.8 Å². The molecule has 0 aliphatic rings. The molecule has 6 nitrogen and oxygen atoms in total. The Kier molecular flexibility index (Phi) is 5.20. The van der Waals surface area contributed by atoms with Crippen LogP contribution in [0.1, 0.15) is 29.0 Å². The van der Waals surface area contributed by atoms with Crippen LogP contribution >= 0.6 is 0 Å². The number of aliphatic hydroxyl groups is 1. The van der Waals surface area contributed by atoms with Crippen molar-refractivity contribution in [1.29, 1.82) is 0 Å². The summed E-state index contributed by atoms with van der Waals surface area (Å²) in [6.07, 6.45) is 1.60. The third kappa shape index (κ3) is 3.40. The molecular weight excluding hydrogens is 335 g/mol. The molecule has 1 aromatic carbocycles. The van der Waals surface area contributed by atoms with Gasteiger partial charge < -0.3 is 16.2 Å². The van der Waals surface area contributed by atoms with E-state index in [1.807, 2.05) is 0 Å². The normalized spacial score (nSPS) is 12.2. The first kappa shape index (κ1) is 17.9. The summed E-state index contributed by atoms with van der Waals surface area (Å²) in [6, 6.07) is 8.90. The zero-order valence-corrected chi connectivity index (χ0v) is 14.2. The van der Waals surface area contributed by atoms with Gasteiger partial charge in [-0.2, -0.15) is 0 Å². The number of aromatic nitrogens is 2. The Hall–Kier alpha value is -2.90. The van der Waals surface area contributed by atoms with Crippen molar-refractivity contribution >= 4 is 16.8 Å². The minimum Gasteiger partial charge on any atom is -0.395 e. The number of carbonyl (C=O) groups excluding carboxylic acids is 1. The van der Waals surface area contributed by atoms with E-state index in [-0.39, 0.29) is 18.7 Å². The quantitative estimate of drug-likeness (QED) is 0.652. The summed E-state index contributed by atoms with van der Waals surface area (Å²) in [5.41, 5.74) is 8.30. The van der Waals surface area contributed by atoms with Crippen molar-refractivity contribution in [3.05, 3.63) is 59.7 Å². The standard InChI is InChI=1S/C19H19FN4O2/c1-11(21)18-17(15-4-2-3-7-22-15)16(19(26)23-8-9-25)13-10-12(20)5-6-14(13)24-18/h2-7,10-11,25H,8-9,21H2,1H3,(H,23,26). The van der Waals surface area contributed by atoms with Crippen molar-refractivity contribution < 1.29 is 14.3 Å². The molecule has 0 saturated carbocycles. The lowest BCUT2D eigenvalue weighted by Crippen LogP contribution is -2.28. The van der Waals surface area contributed by atoms with E-state index in [0.29, 0.717) is 27.9 Å². The molecule has 0 fully saturated rings. The van der Waals surface area contributed by atoms with Crippen LogP contribution in [0, 0.1) is 5.82 Å². The second-order valence-corrected chi connectivity index (χ2v) is 5.89. The zero-order valence-electron chi connectivity index (χ0n) is 14.2. The Bertz CT molecular complexity index is 945. The van der Waals surface area contributed by atoms with Gasteiger partial charge >= 0.3 is 0 Å². The van der Waals surface area contributed by atoms with Gasteiger partial charge in [0.15, 0.2) is 0 Å². The number of halogens is 1. The van der Waals surface area contributed by atoms with Crippen molar-refractivity contribution in [2.24, 2.45) is 5.73 Å². The van der Waals surface area contributed by atoms with Crippen LogP contribution in [0.3, 0.4) is 0 Å². The van der Waals surface area contributed by atoms with Gasteiger partial charge in [-0.1, -0.05) is 6.07 Å². The molecule has 0 aliphatic heterocycles. The predicted molar refractivity (Wildman–Crippen MR) is 97.0 cm³/mol. The molecule has 2 aromatic heterocycles. The van der Waals surface area contributed by atoms with Crippen LogP contribution in [0.2, 0.25) is 0 Å². The van der Waals surface area contributed by atoms with Gasteiger partial charge in [-0.25, -0.2) is 4.39 Å². The molecule has 0 spiro atoms. The lowest BCUT2D eigenvalue weighted by atomic mass is 9.94. The van der Waals surface area contributed by atoms with Crippen LogP contribution in [0.4, 0.5) is 4.39 Å². The number of benzene rings is 1. The van der Waals surface area contributed by atoms with Crippen LogP contribution in [-0.4, -0.2) is 34.1 Å². The number of hydrogen-bond donors (Lipinski definition) is 3. The van der Waals surface area contributed by atoms with Gasteiger partial charge in [-0.05, 0) is 37.3 Å². The molecule has 3 rings (SSSR count). The third-order valence-electron chi connectivity index (χ3n) is 3.95. The first-order chi connectivity index (χ1) is 12.5. The highest BCUT2D eigenvalue weighted by Crippen LogP contribution is 2.33. The molecular formula is C19H19FN4O2. The van der Waals surface area contributed by atoms with Crippen molar-refractivity contribution in [3.63, 3.8) is 0 Å². The number of nitrogens with two attached hydrogens (primary N) is 1. The molecule has 7 heteroatoms. The highest BCUT2D eigenvalue weighted by Gasteiger charge is 2.24. The number of aliphatic hydroxyl groups excluding tert-OH is 1. The zero-order chi connectivity index (χ0) is 18.7. The van der Waals surface area contributed by atoms with Gasteiger partial charge in [-0.15, -0.1) is 0 Å². The minimum atomic E-state index is -0.476. The van der Waals surface area contributed by atoms with Crippen LogP contribution in [0.15, 0.2) is 42.6 Å². The maximum atomic E-state index is 13.9. The summed E-state index contributed by atoms with van der Waals surface area (Å²) in [7, 11) is 0. The van der Waals surface area contributed by atoms with Gasteiger partial charge in [0.1, 0.15) is 5.82 Å². The summed E-state index contributed by atoms with van der Waals surface area (Å²) < 4.78 is 13.9. The topological polar surface area (TPSA) is 101 Å². The number of nitrogens with zero attached hydrogens (tertiary/aromatic N) is 2. The molecule has 0 aliphatic carbocycles. The van der Waals surface area contributed by atoms with Crippen LogP contribution in [0.25, 0.3) is 22.2 Å². The Morgan fingerprint density at radius 2 is 2.15 bits per heavy atom. The van der Waals surface area contributed by atoms with E-state index in [1.165, 1.54) is 18.2 Å². The van der Waals surface area contributed by atoms with E-state index in [1.54, 1.807) is 31.3 Å². The average Bonchev–Trinajstić information content (AvgIpc) is 2.65. The van der Waals surface area contributed by atoms with E-state index in [4.69, 9.17) is 10.8 Å². The maximum absolute atomic E-state index is 13.9. The summed E-state index contributed by atoms with van der Waals surface area (Å²) in [4.78, 5) is 21.7. The fraction of sp³-hybridized carbons (Fsp3) is 0.211. The van der Waals surface area contributed by atoms with Gasteiger partial charge in [0.25, 0.3) is 5.91 Å². The number of carbonyl (C=O) groups is 1. The molecule has 2 heterocycles. The highest BCUT2D eigenvalue weighted by molar-refractivity contribution is 6.11. The Morgan fingerprint density at radius 3 is 2.81 bits per heavy atom. The van der Waals surface area contributed by atoms with E-state index in [0.717, 1.165) is 0 Å². The number of hydrogen-bond acceptors (Lipinski definition) is 5. The van der Waals surface area contributed by atoms with Crippen LogP contribution in [-0.2, 0) is 0 Å². The number of fused-ring (bicyclic) bond motifs is 1. The van der Waals surface area contributed by atoms with Crippen LogP contribution < -0.4 is 11.1 Å². The Labute approximate surface area is 149 Å². The third-order valence-corrected chi connectivity index (χ3v) is 3.95. The van der Waals surface area contributed by atoms with Gasteiger partial charge in [0.05, 0.1) is 29.1 Å². The molecule has 3 aromatic rings. The van der Waals surface area contributed by atoms with Gasteiger partial charge in [0.2, 0.25) is 0 Å². The molecule has 0 radical (unpaired) electrons. The second-order valence-electron chi connectivity index (χ2n) is 5.89. The van der Waals surface area contributed by atoms with Gasteiger partial charge in [-0.3, -0.25) is 14.8 Å². The van der Waals surface area contributed by atoms with Crippen molar-refractivity contribution in [1.82, 2.24) is 15.3 Å².